The van der Waals surface area contributed by atoms with Gasteiger partial charge in [-0.15, -0.1) is 0 Å². The van der Waals surface area contributed by atoms with E-state index in [1.807, 2.05) is 91.0 Å². The van der Waals surface area contributed by atoms with Crippen molar-refractivity contribution < 1.29 is 41.7 Å². The molecule has 0 aliphatic carbocycles. The molecule has 2 saturated heterocycles. The molecule has 2 aliphatic rings. The lowest BCUT2D eigenvalue weighted by Crippen LogP contribution is -2.58. The van der Waals surface area contributed by atoms with Gasteiger partial charge in [0.05, 0.1) is 49.9 Å². The van der Waals surface area contributed by atoms with Crippen LogP contribution in [0.5, 0.6) is 0 Å². The molecule has 0 N–H and O–H groups in total. The average Bonchev–Trinajstić information content (AvgIpc) is 3.40. The van der Waals surface area contributed by atoms with Crippen LogP contribution in [0.2, 0.25) is 0 Å². The zero-order valence-electron chi connectivity index (χ0n) is 26.8. The zero-order chi connectivity index (χ0) is 33.7. The second-order valence-corrected chi connectivity index (χ2v) is 12.5. The summed E-state index contributed by atoms with van der Waals surface area (Å²) in [7, 11) is 0. The minimum Gasteiger partial charge on any atom is -0.374 e. The van der Waals surface area contributed by atoms with Gasteiger partial charge < -0.3 is 23.7 Å². The fraction of sp³-hybridized carbons (Fsp3) is 0.359. The summed E-state index contributed by atoms with van der Waals surface area (Å²) >= 11 is 0. The van der Waals surface area contributed by atoms with Crippen LogP contribution in [-0.2, 0) is 60.1 Å². The molecule has 2 aliphatic heterocycles. The summed E-state index contributed by atoms with van der Waals surface area (Å²) in [5.41, 5.74) is 1.23. The molecule has 0 amide bonds. The number of carbonyl (C=O) groups excluding carboxylic acids is 1. The second kappa shape index (κ2) is 14.7. The highest BCUT2D eigenvalue weighted by molar-refractivity contribution is 5.81. The number of rotatable bonds is 12. The Hall–Kier alpha value is -3.86. The first-order chi connectivity index (χ1) is 23.1. The van der Waals surface area contributed by atoms with E-state index < -0.39 is 53.8 Å². The number of benzene rings is 4. The van der Waals surface area contributed by atoms with Gasteiger partial charge in [-0.3, -0.25) is 4.79 Å². The molecule has 252 valence electrons. The highest BCUT2D eigenvalue weighted by atomic mass is 19.4. The average molecular weight is 661 g/mol. The van der Waals surface area contributed by atoms with Gasteiger partial charge in [-0.25, -0.2) is 0 Å². The van der Waals surface area contributed by atoms with Crippen LogP contribution in [0.25, 0.3) is 0 Å². The number of hydrogen-bond donors (Lipinski definition) is 0. The summed E-state index contributed by atoms with van der Waals surface area (Å²) in [6.07, 6.45) is -7.44. The Morgan fingerprint density at radius 1 is 0.729 bits per heavy atom. The molecule has 4 aromatic rings. The molecule has 2 heterocycles. The molecule has 0 spiro atoms. The highest BCUT2D eigenvalue weighted by Crippen LogP contribution is 2.53. The summed E-state index contributed by atoms with van der Waals surface area (Å²) in [5, 5.41) is 0. The van der Waals surface area contributed by atoms with E-state index in [9.17, 15) is 18.0 Å². The van der Waals surface area contributed by atoms with E-state index in [0.717, 1.165) is 28.8 Å². The van der Waals surface area contributed by atoms with Crippen LogP contribution in [0.1, 0.15) is 41.7 Å². The third-order valence-electron chi connectivity index (χ3n) is 9.22. The Bertz CT molecular complexity index is 1620. The van der Waals surface area contributed by atoms with Gasteiger partial charge in [0.1, 0.15) is 23.6 Å². The summed E-state index contributed by atoms with van der Waals surface area (Å²) in [6.45, 7) is 4.19. The molecule has 2 fully saturated rings. The predicted molar refractivity (Wildman–Crippen MR) is 172 cm³/mol. The summed E-state index contributed by atoms with van der Waals surface area (Å²) in [4.78, 5) is 13.6. The first kappa shape index (κ1) is 34.0. The number of alkyl halides is 3. The van der Waals surface area contributed by atoms with Gasteiger partial charge in [0.25, 0.3) is 0 Å². The lowest BCUT2D eigenvalue weighted by Gasteiger charge is -2.44. The van der Waals surface area contributed by atoms with Gasteiger partial charge >= 0.3 is 6.18 Å². The summed E-state index contributed by atoms with van der Waals surface area (Å²) in [5.74, 6) is -1.64. The van der Waals surface area contributed by atoms with E-state index in [2.05, 4.69) is 0 Å². The van der Waals surface area contributed by atoms with Crippen molar-refractivity contribution in [1.82, 2.24) is 0 Å². The summed E-state index contributed by atoms with van der Waals surface area (Å²) in [6, 6.07) is 33.9. The number of fused-ring (bicyclic) bond motifs is 1. The standard InChI is InChI=1S/C39H39F3O6/c1-26(43)34-33-36(46-24-29-16-10-5-11-17-29)35(45-23-28-14-8-4-9-15-28)32(25-44-22-27-12-6-3-7-13-27)47-37(33)48-38(34,2)30-18-20-31(21-19-30)39(40,41)42/h3-21,32-37H,22-25H2,1-2H3/t32-,33?,34+,35+,36-,37?,38-/m1/s1. The Kier molecular flexibility index (Phi) is 10.4. The van der Waals surface area contributed by atoms with E-state index in [-0.39, 0.29) is 25.6 Å². The van der Waals surface area contributed by atoms with Crippen molar-refractivity contribution in [1.29, 1.82) is 0 Å². The van der Waals surface area contributed by atoms with Gasteiger partial charge in [0.15, 0.2) is 6.29 Å². The molecule has 7 atom stereocenters. The molecule has 2 unspecified atom stereocenters. The van der Waals surface area contributed by atoms with Crippen molar-refractivity contribution in [2.45, 2.75) is 70.0 Å². The second-order valence-electron chi connectivity index (χ2n) is 12.5. The zero-order valence-corrected chi connectivity index (χ0v) is 26.8. The molecule has 6 rings (SSSR count). The molecular weight excluding hydrogens is 621 g/mol. The van der Waals surface area contributed by atoms with E-state index >= 15 is 0 Å². The lowest BCUT2D eigenvalue weighted by molar-refractivity contribution is -0.293. The molecular formula is C39H39F3O6. The number of ketones is 1. The first-order valence-corrected chi connectivity index (χ1v) is 16.1. The monoisotopic (exact) mass is 660 g/mol. The van der Waals surface area contributed by atoms with Crippen LogP contribution in [0.4, 0.5) is 13.2 Å². The van der Waals surface area contributed by atoms with Crippen molar-refractivity contribution in [2.75, 3.05) is 6.61 Å². The van der Waals surface area contributed by atoms with E-state index in [1.54, 1.807) is 6.92 Å². The van der Waals surface area contributed by atoms with Gasteiger partial charge in [-0.05, 0) is 48.2 Å². The van der Waals surface area contributed by atoms with E-state index in [4.69, 9.17) is 23.7 Å². The van der Waals surface area contributed by atoms with Crippen LogP contribution >= 0.6 is 0 Å². The number of ether oxygens (including phenoxy) is 5. The quantitative estimate of drug-likeness (QED) is 0.154. The predicted octanol–water partition coefficient (Wildman–Crippen LogP) is 7.88. The molecule has 4 aromatic carbocycles. The number of carbonyl (C=O) groups is 1. The SMILES string of the molecule is CC(=O)[C@H]1C2C(O[C@H](COCc3ccccc3)[C@H](OCc3ccccc3)[C@@H]2OCc2ccccc2)O[C@]1(C)c1ccc(C(F)(F)F)cc1. The normalized spacial score (nSPS) is 27.0. The molecule has 9 heteroatoms. The Morgan fingerprint density at radius 2 is 1.23 bits per heavy atom. The number of halogens is 3. The molecule has 6 nitrogen and oxygen atoms in total. The van der Waals surface area contributed by atoms with Crippen LogP contribution in [0.15, 0.2) is 115 Å². The van der Waals surface area contributed by atoms with Crippen LogP contribution in [-0.4, -0.2) is 37.0 Å². The fourth-order valence-corrected chi connectivity index (χ4v) is 6.90. The van der Waals surface area contributed by atoms with Crippen LogP contribution in [0, 0.1) is 11.8 Å². The van der Waals surface area contributed by atoms with Crippen molar-refractivity contribution in [3.05, 3.63) is 143 Å². The molecule has 0 bridgehead atoms. The van der Waals surface area contributed by atoms with Crippen molar-refractivity contribution >= 4 is 5.78 Å². The number of Topliss-reactive ketones (excluding diaryl/α,β-unsaturated/α-hetero) is 1. The van der Waals surface area contributed by atoms with Crippen molar-refractivity contribution in [3.63, 3.8) is 0 Å². The van der Waals surface area contributed by atoms with Gasteiger partial charge in [0, 0.05) is 0 Å². The smallest absolute Gasteiger partial charge is 0.374 e. The molecule has 0 aromatic heterocycles. The molecule has 48 heavy (non-hydrogen) atoms. The third kappa shape index (κ3) is 7.56. The maximum atomic E-state index is 13.6. The fourth-order valence-electron chi connectivity index (χ4n) is 6.90. The maximum absolute atomic E-state index is 13.6. The van der Waals surface area contributed by atoms with Crippen LogP contribution in [0.3, 0.4) is 0 Å². The Morgan fingerprint density at radius 3 is 1.73 bits per heavy atom. The third-order valence-corrected chi connectivity index (χ3v) is 9.22. The van der Waals surface area contributed by atoms with Crippen molar-refractivity contribution in [2.24, 2.45) is 11.8 Å². The van der Waals surface area contributed by atoms with Crippen LogP contribution < -0.4 is 0 Å². The largest absolute Gasteiger partial charge is 0.416 e. The minimum atomic E-state index is -4.50. The van der Waals surface area contributed by atoms with Gasteiger partial charge in [-0.1, -0.05) is 103 Å². The van der Waals surface area contributed by atoms with E-state index in [1.165, 1.54) is 19.1 Å². The minimum absolute atomic E-state index is 0.147. The maximum Gasteiger partial charge on any atom is 0.416 e. The lowest BCUT2D eigenvalue weighted by atomic mass is 9.71. The topological polar surface area (TPSA) is 63.2 Å². The highest BCUT2D eigenvalue weighted by Gasteiger charge is 2.63. The summed E-state index contributed by atoms with van der Waals surface area (Å²) < 4.78 is 73.1. The first-order valence-electron chi connectivity index (χ1n) is 16.1. The van der Waals surface area contributed by atoms with Gasteiger partial charge in [0.2, 0.25) is 0 Å². The Balaban J connectivity index is 1.36. The van der Waals surface area contributed by atoms with Crippen molar-refractivity contribution in [3.8, 4) is 0 Å². The molecule has 0 saturated carbocycles. The van der Waals surface area contributed by atoms with Gasteiger partial charge in [-0.2, -0.15) is 13.2 Å². The Labute approximate surface area is 278 Å². The molecule has 0 radical (unpaired) electrons. The number of hydrogen-bond acceptors (Lipinski definition) is 6. The van der Waals surface area contributed by atoms with E-state index in [0.29, 0.717) is 12.2 Å².